The predicted molar refractivity (Wildman–Crippen MR) is 260 cm³/mol. The average Bonchev–Trinajstić information content (AvgIpc) is 3.52. The Morgan fingerprint density at radius 2 is 0.790 bits per heavy atom. The summed E-state index contributed by atoms with van der Waals surface area (Å²) in [5, 5.41) is 0. The van der Waals surface area contributed by atoms with Gasteiger partial charge in [0.25, 0.3) is 0 Å². The SMILES string of the molecule is COc1ccc(N(c2ccc(C3(C)CC(C)(C)c4ccc(N(c5ccc(OC)cc5)c5ccc(C)c(-c6ccccc6)c5)cc43)cc2)c2ccc(C)c(-c3ccccc3)c2)cc1. The Morgan fingerprint density at radius 3 is 1.24 bits per heavy atom. The van der Waals surface area contributed by atoms with Crippen molar-refractivity contribution in [3.8, 4) is 33.8 Å². The van der Waals surface area contributed by atoms with Crippen molar-refractivity contribution in [2.75, 3.05) is 24.0 Å². The van der Waals surface area contributed by atoms with Crippen LogP contribution in [-0.2, 0) is 10.8 Å². The zero-order valence-corrected chi connectivity index (χ0v) is 36.8. The van der Waals surface area contributed by atoms with E-state index < -0.39 is 0 Å². The zero-order valence-electron chi connectivity index (χ0n) is 36.8. The van der Waals surface area contributed by atoms with Crippen molar-refractivity contribution in [2.45, 2.75) is 51.9 Å². The number of anilines is 6. The van der Waals surface area contributed by atoms with Gasteiger partial charge in [0.1, 0.15) is 11.5 Å². The van der Waals surface area contributed by atoms with Gasteiger partial charge in [-0.3, -0.25) is 0 Å². The maximum absolute atomic E-state index is 5.60. The molecule has 0 saturated heterocycles. The van der Waals surface area contributed by atoms with Gasteiger partial charge >= 0.3 is 0 Å². The van der Waals surface area contributed by atoms with Crippen LogP contribution in [0.5, 0.6) is 11.5 Å². The fraction of sp³-hybridized carbons (Fsp3) is 0.172. The van der Waals surface area contributed by atoms with Gasteiger partial charge in [0.05, 0.1) is 14.2 Å². The highest BCUT2D eigenvalue weighted by Crippen LogP contribution is 2.55. The van der Waals surface area contributed by atoms with Gasteiger partial charge in [-0.25, -0.2) is 0 Å². The second-order valence-corrected chi connectivity index (χ2v) is 17.5. The van der Waals surface area contributed by atoms with Crippen LogP contribution in [0.4, 0.5) is 34.1 Å². The molecule has 1 aliphatic carbocycles. The summed E-state index contributed by atoms with van der Waals surface area (Å²) in [7, 11) is 3.43. The molecule has 1 unspecified atom stereocenters. The van der Waals surface area contributed by atoms with Gasteiger partial charge in [-0.15, -0.1) is 0 Å². The highest BCUT2D eigenvalue weighted by Gasteiger charge is 2.46. The summed E-state index contributed by atoms with van der Waals surface area (Å²) in [6.07, 6.45) is 0.990. The smallest absolute Gasteiger partial charge is 0.119 e. The second kappa shape index (κ2) is 16.4. The molecule has 0 aromatic heterocycles. The van der Waals surface area contributed by atoms with E-state index in [1.54, 1.807) is 14.2 Å². The molecule has 4 heteroatoms. The zero-order chi connectivity index (χ0) is 43.0. The van der Waals surface area contributed by atoms with E-state index in [1.165, 1.54) is 50.1 Å². The number of rotatable bonds is 11. The van der Waals surface area contributed by atoms with Gasteiger partial charge in [-0.05, 0) is 173 Å². The minimum absolute atomic E-state index is 0.0264. The fourth-order valence-electron chi connectivity index (χ4n) is 9.74. The molecule has 8 aromatic rings. The van der Waals surface area contributed by atoms with Crippen molar-refractivity contribution < 1.29 is 9.47 Å². The summed E-state index contributed by atoms with van der Waals surface area (Å²) in [5.74, 6) is 1.66. The van der Waals surface area contributed by atoms with Crippen LogP contribution in [0.15, 0.2) is 188 Å². The molecule has 1 atom stereocenters. The molecular weight excluding hydrogens is 757 g/mol. The summed E-state index contributed by atoms with van der Waals surface area (Å²) < 4.78 is 11.2. The monoisotopic (exact) mass is 810 g/mol. The van der Waals surface area contributed by atoms with E-state index in [9.17, 15) is 0 Å². The van der Waals surface area contributed by atoms with E-state index in [0.29, 0.717) is 0 Å². The number of methoxy groups -OCH3 is 2. The maximum atomic E-state index is 5.60. The molecule has 0 spiro atoms. The van der Waals surface area contributed by atoms with Crippen molar-refractivity contribution >= 4 is 34.1 Å². The molecule has 0 amide bonds. The molecule has 62 heavy (non-hydrogen) atoms. The van der Waals surface area contributed by atoms with Crippen molar-refractivity contribution in [2.24, 2.45) is 0 Å². The molecule has 0 heterocycles. The highest BCUT2D eigenvalue weighted by atomic mass is 16.5. The molecule has 0 fully saturated rings. The maximum Gasteiger partial charge on any atom is 0.119 e. The second-order valence-electron chi connectivity index (χ2n) is 17.5. The molecule has 8 aromatic carbocycles. The Hall–Kier alpha value is -7.04. The van der Waals surface area contributed by atoms with Crippen molar-refractivity contribution in [3.63, 3.8) is 0 Å². The average molecular weight is 811 g/mol. The lowest BCUT2D eigenvalue weighted by atomic mass is 9.75. The Balaban J connectivity index is 1.14. The Labute approximate surface area is 367 Å². The summed E-state index contributed by atoms with van der Waals surface area (Å²) in [6.45, 7) is 11.6. The summed E-state index contributed by atoms with van der Waals surface area (Å²) in [5.41, 5.74) is 17.7. The molecule has 0 bridgehead atoms. The van der Waals surface area contributed by atoms with E-state index in [-0.39, 0.29) is 10.8 Å². The molecule has 0 saturated carbocycles. The minimum Gasteiger partial charge on any atom is -0.497 e. The lowest BCUT2D eigenvalue weighted by molar-refractivity contribution is 0.414. The van der Waals surface area contributed by atoms with E-state index in [0.717, 1.165) is 52.0 Å². The third-order valence-electron chi connectivity index (χ3n) is 12.9. The van der Waals surface area contributed by atoms with Gasteiger partial charge in [-0.2, -0.15) is 0 Å². The van der Waals surface area contributed by atoms with Crippen molar-refractivity contribution in [1.29, 1.82) is 0 Å². The first kappa shape index (κ1) is 40.4. The molecule has 4 nitrogen and oxygen atoms in total. The quantitative estimate of drug-likeness (QED) is 0.130. The third-order valence-corrected chi connectivity index (χ3v) is 12.9. The molecule has 0 N–H and O–H groups in total. The van der Waals surface area contributed by atoms with Gasteiger partial charge < -0.3 is 19.3 Å². The molecule has 1 aliphatic rings. The van der Waals surface area contributed by atoms with Crippen molar-refractivity contribution in [1.82, 2.24) is 0 Å². The van der Waals surface area contributed by atoms with Gasteiger partial charge in [0.15, 0.2) is 0 Å². The topological polar surface area (TPSA) is 24.9 Å². The van der Waals surface area contributed by atoms with Crippen LogP contribution < -0.4 is 19.3 Å². The van der Waals surface area contributed by atoms with E-state index in [4.69, 9.17) is 9.47 Å². The molecular formula is C58H54N2O2. The van der Waals surface area contributed by atoms with Crippen LogP contribution in [0, 0.1) is 13.8 Å². The molecule has 0 aliphatic heterocycles. The summed E-state index contributed by atoms with van der Waals surface area (Å²) in [4.78, 5) is 4.73. The number of aryl methyl sites for hydroxylation is 2. The van der Waals surface area contributed by atoms with Crippen LogP contribution in [-0.4, -0.2) is 14.2 Å². The third kappa shape index (κ3) is 7.51. The number of hydrogen-bond donors (Lipinski definition) is 0. The first-order valence-electron chi connectivity index (χ1n) is 21.5. The first-order valence-corrected chi connectivity index (χ1v) is 21.5. The number of hydrogen-bond acceptors (Lipinski definition) is 4. The van der Waals surface area contributed by atoms with Crippen molar-refractivity contribution in [3.05, 3.63) is 216 Å². The largest absolute Gasteiger partial charge is 0.497 e. The van der Waals surface area contributed by atoms with Crippen LogP contribution in [0.3, 0.4) is 0 Å². The van der Waals surface area contributed by atoms with Crippen LogP contribution >= 0.6 is 0 Å². The lowest BCUT2D eigenvalue weighted by Gasteiger charge is -2.31. The van der Waals surface area contributed by atoms with Crippen LogP contribution in [0.2, 0.25) is 0 Å². The van der Waals surface area contributed by atoms with Gasteiger partial charge in [-0.1, -0.05) is 112 Å². The normalized spacial score (nSPS) is 15.1. The molecule has 9 rings (SSSR count). The van der Waals surface area contributed by atoms with Gasteiger partial charge in [0.2, 0.25) is 0 Å². The number of nitrogens with zero attached hydrogens (tertiary/aromatic N) is 2. The van der Waals surface area contributed by atoms with E-state index >= 15 is 0 Å². The number of benzene rings is 8. The minimum atomic E-state index is -0.239. The number of ether oxygens (including phenoxy) is 2. The summed E-state index contributed by atoms with van der Waals surface area (Å²) >= 11 is 0. The van der Waals surface area contributed by atoms with E-state index in [2.05, 4.69) is 208 Å². The number of fused-ring (bicyclic) bond motifs is 1. The predicted octanol–water partition coefficient (Wildman–Crippen LogP) is 15.6. The van der Waals surface area contributed by atoms with Gasteiger partial charge in [0, 0.05) is 39.5 Å². The highest BCUT2D eigenvalue weighted by molar-refractivity contribution is 5.84. The summed E-state index contributed by atoms with van der Waals surface area (Å²) in [6, 6.07) is 68.1. The Morgan fingerprint density at radius 1 is 0.403 bits per heavy atom. The first-order chi connectivity index (χ1) is 30.1. The molecule has 308 valence electrons. The fourth-order valence-corrected chi connectivity index (χ4v) is 9.74. The Kier molecular flexibility index (Phi) is 10.7. The standard InChI is InChI=1S/C58H54N2O2/c1-40-18-22-48(36-53(40)42-14-10-8-11-15-42)59(46-26-31-51(61-6)32-27-46)45-24-20-44(21-25-45)58(5)39-57(3,4)55-35-30-50(38-56(55)58)60(47-28-33-52(62-7)34-29-47)49-23-19-41(2)54(37-49)43-16-12-9-13-17-43/h8-38H,39H2,1-7H3. The van der Waals surface area contributed by atoms with Crippen LogP contribution in [0.25, 0.3) is 22.3 Å². The van der Waals surface area contributed by atoms with E-state index in [1.807, 2.05) is 24.3 Å². The molecule has 0 radical (unpaired) electrons. The Bertz CT molecular complexity index is 2830. The van der Waals surface area contributed by atoms with Crippen LogP contribution in [0.1, 0.15) is 55.0 Å². The lowest BCUT2D eigenvalue weighted by Crippen LogP contribution is -2.23.